The normalized spacial score (nSPS) is 29.3. The van der Waals surface area contributed by atoms with Crippen LogP contribution in [0.1, 0.15) is 51.4 Å². The standard InChI is InChI=1S/C16H31N3O/c1-19-10-8-14(9-11-19)12-18-16(20)7-4-13-2-5-15(17)6-3-13/h13-15H,2-12,17H2,1H3,(H,18,20). The molecule has 0 aromatic heterocycles. The largest absolute Gasteiger partial charge is 0.356 e. The Morgan fingerprint density at radius 2 is 1.75 bits per heavy atom. The fourth-order valence-electron chi connectivity index (χ4n) is 3.42. The number of nitrogens with one attached hydrogen (secondary N) is 1. The zero-order valence-electron chi connectivity index (χ0n) is 12.9. The lowest BCUT2D eigenvalue weighted by molar-refractivity contribution is -0.121. The average Bonchev–Trinajstić information content (AvgIpc) is 2.46. The van der Waals surface area contributed by atoms with Gasteiger partial charge < -0.3 is 16.0 Å². The number of likely N-dealkylation sites (tertiary alicyclic amines) is 1. The molecule has 2 fully saturated rings. The smallest absolute Gasteiger partial charge is 0.220 e. The number of piperidine rings is 1. The number of hydrogen-bond acceptors (Lipinski definition) is 3. The Hall–Kier alpha value is -0.610. The molecule has 1 saturated heterocycles. The third-order valence-electron chi connectivity index (χ3n) is 5.10. The van der Waals surface area contributed by atoms with E-state index >= 15 is 0 Å². The van der Waals surface area contributed by atoms with Gasteiger partial charge in [-0.05, 0) is 76.9 Å². The van der Waals surface area contributed by atoms with Crippen LogP contribution in [0, 0.1) is 11.8 Å². The number of nitrogens with two attached hydrogens (primary N) is 1. The van der Waals surface area contributed by atoms with Crippen LogP contribution in [0.4, 0.5) is 0 Å². The van der Waals surface area contributed by atoms with Crippen LogP contribution in [-0.4, -0.2) is 43.5 Å². The molecule has 1 aliphatic heterocycles. The van der Waals surface area contributed by atoms with E-state index < -0.39 is 0 Å². The molecule has 2 rings (SSSR count). The Balaban J connectivity index is 1.54. The van der Waals surface area contributed by atoms with Crippen molar-refractivity contribution in [2.24, 2.45) is 17.6 Å². The van der Waals surface area contributed by atoms with E-state index in [0.29, 0.717) is 18.4 Å². The fourth-order valence-corrected chi connectivity index (χ4v) is 3.42. The van der Waals surface area contributed by atoms with Crippen molar-refractivity contribution in [3.8, 4) is 0 Å². The van der Waals surface area contributed by atoms with Gasteiger partial charge in [-0.25, -0.2) is 0 Å². The lowest BCUT2D eigenvalue weighted by Gasteiger charge is -2.29. The molecule has 1 aliphatic carbocycles. The van der Waals surface area contributed by atoms with Gasteiger partial charge in [-0.1, -0.05) is 0 Å². The van der Waals surface area contributed by atoms with Crippen LogP contribution in [0.5, 0.6) is 0 Å². The first-order chi connectivity index (χ1) is 9.63. The lowest BCUT2D eigenvalue weighted by Crippen LogP contribution is -2.37. The first kappa shape index (κ1) is 15.8. The minimum atomic E-state index is 0.249. The van der Waals surface area contributed by atoms with E-state index in [1.807, 2.05) is 0 Å². The maximum Gasteiger partial charge on any atom is 0.220 e. The Kier molecular flexibility index (Phi) is 6.30. The molecule has 1 saturated carbocycles. The van der Waals surface area contributed by atoms with Crippen LogP contribution in [0.3, 0.4) is 0 Å². The molecule has 116 valence electrons. The van der Waals surface area contributed by atoms with Crippen LogP contribution >= 0.6 is 0 Å². The van der Waals surface area contributed by atoms with Gasteiger partial charge in [-0.2, -0.15) is 0 Å². The maximum atomic E-state index is 11.9. The zero-order valence-corrected chi connectivity index (χ0v) is 12.9. The predicted molar refractivity (Wildman–Crippen MR) is 82.4 cm³/mol. The number of amides is 1. The molecule has 2 aliphatic rings. The molecule has 20 heavy (non-hydrogen) atoms. The summed E-state index contributed by atoms with van der Waals surface area (Å²) >= 11 is 0. The summed E-state index contributed by atoms with van der Waals surface area (Å²) in [5, 5.41) is 3.13. The second-order valence-electron chi connectivity index (χ2n) is 6.87. The Bertz CT molecular complexity index is 264. The molecule has 0 aromatic carbocycles. The van der Waals surface area contributed by atoms with Crippen molar-refractivity contribution in [1.82, 2.24) is 10.2 Å². The van der Waals surface area contributed by atoms with E-state index in [2.05, 4.69) is 17.3 Å². The Morgan fingerprint density at radius 1 is 1.10 bits per heavy atom. The first-order valence-corrected chi connectivity index (χ1v) is 8.34. The van der Waals surface area contributed by atoms with E-state index in [1.54, 1.807) is 0 Å². The number of hydrogen-bond donors (Lipinski definition) is 2. The summed E-state index contributed by atoms with van der Waals surface area (Å²) in [6, 6.07) is 0.407. The Labute approximate surface area is 123 Å². The monoisotopic (exact) mass is 281 g/mol. The van der Waals surface area contributed by atoms with Gasteiger partial charge in [-0.3, -0.25) is 4.79 Å². The van der Waals surface area contributed by atoms with Gasteiger partial charge in [-0.15, -0.1) is 0 Å². The molecular weight excluding hydrogens is 250 g/mol. The van der Waals surface area contributed by atoms with Crippen molar-refractivity contribution in [3.63, 3.8) is 0 Å². The number of carbonyl (C=O) groups excluding carboxylic acids is 1. The van der Waals surface area contributed by atoms with Gasteiger partial charge in [0.25, 0.3) is 0 Å². The minimum Gasteiger partial charge on any atom is -0.356 e. The second-order valence-corrected chi connectivity index (χ2v) is 6.87. The maximum absolute atomic E-state index is 11.9. The first-order valence-electron chi connectivity index (χ1n) is 8.34. The van der Waals surface area contributed by atoms with Gasteiger partial charge in [0.1, 0.15) is 0 Å². The number of rotatable bonds is 5. The summed E-state index contributed by atoms with van der Waals surface area (Å²) in [6.45, 7) is 3.22. The van der Waals surface area contributed by atoms with Crippen LogP contribution in [0.2, 0.25) is 0 Å². The third-order valence-corrected chi connectivity index (χ3v) is 5.10. The van der Waals surface area contributed by atoms with Crippen molar-refractivity contribution in [2.45, 2.75) is 57.4 Å². The van der Waals surface area contributed by atoms with Crippen LogP contribution in [-0.2, 0) is 4.79 Å². The molecule has 0 bridgehead atoms. The molecule has 4 heteroatoms. The van der Waals surface area contributed by atoms with Crippen LogP contribution in [0.15, 0.2) is 0 Å². The van der Waals surface area contributed by atoms with E-state index in [-0.39, 0.29) is 5.91 Å². The van der Waals surface area contributed by atoms with E-state index in [0.717, 1.165) is 31.7 Å². The number of carbonyl (C=O) groups is 1. The molecule has 1 amide bonds. The highest BCUT2D eigenvalue weighted by Crippen LogP contribution is 2.26. The summed E-state index contributed by atoms with van der Waals surface area (Å²) in [7, 11) is 2.17. The van der Waals surface area contributed by atoms with Crippen molar-refractivity contribution in [3.05, 3.63) is 0 Å². The van der Waals surface area contributed by atoms with E-state index in [9.17, 15) is 4.79 Å². The summed E-state index contributed by atoms with van der Waals surface area (Å²) in [5.74, 6) is 1.66. The lowest BCUT2D eigenvalue weighted by atomic mass is 9.84. The quantitative estimate of drug-likeness (QED) is 0.807. The van der Waals surface area contributed by atoms with Crippen molar-refractivity contribution in [2.75, 3.05) is 26.7 Å². The van der Waals surface area contributed by atoms with Gasteiger partial charge in [0.05, 0.1) is 0 Å². The molecule has 0 spiro atoms. The van der Waals surface area contributed by atoms with Gasteiger partial charge in [0.2, 0.25) is 5.91 Å². The SMILES string of the molecule is CN1CCC(CNC(=O)CCC2CCC(N)CC2)CC1. The summed E-state index contributed by atoms with van der Waals surface area (Å²) < 4.78 is 0. The van der Waals surface area contributed by atoms with Crippen LogP contribution in [0.25, 0.3) is 0 Å². The second kappa shape index (κ2) is 7.99. The van der Waals surface area contributed by atoms with Gasteiger partial charge in [0.15, 0.2) is 0 Å². The fraction of sp³-hybridized carbons (Fsp3) is 0.938. The van der Waals surface area contributed by atoms with E-state index in [4.69, 9.17) is 5.73 Å². The highest BCUT2D eigenvalue weighted by Gasteiger charge is 2.20. The molecule has 1 heterocycles. The van der Waals surface area contributed by atoms with Crippen molar-refractivity contribution >= 4 is 5.91 Å². The minimum absolute atomic E-state index is 0.249. The summed E-state index contributed by atoms with van der Waals surface area (Å²) in [4.78, 5) is 14.3. The molecule has 0 radical (unpaired) electrons. The molecule has 4 nitrogen and oxygen atoms in total. The molecule has 3 N–H and O–H groups in total. The molecule has 0 atom stereocenters. The predicted octanol–water partition coefficient (Wildman–Crippen LogP) is 1.74. The molecule has 0 unspecified atom stereocenters. The molecule has 0 aromatic rings. The zero-order chi connectivity index (χ0) is 14.4. The van der Waals surface area contributed by atoms with Crippen molar-refractivity contribution in [1.29, 1.82) is 0 Å². The number of nitrogens with zero attached hydrogens (tertiary/aromatic N) is 1. The van der Waals surface area contributed by atoms with E-state index in [1.165, 1.54) is 38.8 Å². The Morgan fingerprint density at radius 3 is 2.40 bits per heavy atom. The van der Waals surface area contributed by atoms with Crippen LogP contribution < -0.4 is 11.1 Å². The van der Waals surface area contributed by atoms with Crippen molar-refractivity contribution < 1.29 is 4.79 Å². The molecular formula is C16H31N3O. The third kappa shape index (κ3) is 5.41. The highest BCUT2D eigenvalue weighted by molar-refractivity contribution is 5.75. The van der Waals surface area contributed by atoms with Gasteiger partial charge >= 0.3 is 0 Å². The topological polar surface area (TPSA) is 58.4 Å². The highest BCUT2D eigenvalue weighted by atomic mass is 16.1. The summed E-state index contributed by atoms with van der Waals surface area (Å²) in [6.07, 6.45) is 8.89. The van der Waals surface area contributed by atoms with Gasteiger partial charge in [0, 0.05) is 19.0 Å². The summed E-state index contributed by atoms with van der Waals surface area (Å²) in [5.41, 5.74) is 5.91. The average molecular weight is 281 g/mol.